The maximum Gasteiger partial charge on any atom is 0.323 e. The number of sulfonamides is 1. The molecule has 2 aromatic carbocycles. The van der Waals surface area contributed by atoms with Crippen LogP contribution in [0.15, 0.2) is 59.5 Å². The lowest BCUT2D eigenvalue weighted by Gasteiger charge is -2.30. The zero-order chi connectivity index (χ0) is 18.6. The fraction of sp³-hybridized carbons (Fsp3) is 0.278. The average Bonchev–Trinajstić information content (AvgIpc) is 2.62. The molecule has 3 rings (SSSR count). The summed E-state index contributed by atoms with van der Waals surface area (Å²) in [5.41, 5.74) is 1.05. The summed E-state index contributed by atoms with van der Waals surface area (Å²) in [4.78, 5) is 12.2. The van der Waals surface area contributed by atoms with Crippen molar-refractivity contribution < 1.29 is 17.9 Å². The Hall–Kier alpha value is -2.42. The van der Waals surface area contributed by atoms with Crippen molar-refractivity contribution in [2.75, 3.05) is 30.3 Å². The van der Waals surface area contributed by atoms with Gasteiger partial charge in [0.05, 0.1) is 17.6 Å². The molecule has 2 aromatic rings. The number of para-hydroxylation sites is 1. The summed E-state index contributed by atoms with van der Waals surface area (Å²) in [5.74, 6) is 0. The molecule has 0 saturated carbocycles. The fourth-order valence-corrected chi connectivity index (χ4v) is 4.25. The van der Waals surface area contributed by atoms with Gasteiger partial charge in [0, 0.05) is 24.5 Å². The first kappa shape index (κ1) is 18.4. The van der Waals surface area contributed by atoms with Crippen LogP contribution in [0.3, 0.4) is 0 Å². The molecular weight excluding hydrogens is 354 g/mol. The van der Waals surface area contributed by atoms with Crippen LogP contribution in [-0.2, 0) is 14.8 Å². The highest BCUT2D eigenvalue weighted by Gasteiger charge is 2.29. The van der Waals surface area contributed by atoms with E-state index in [4.69, 9.17) is 4.74 Å². The summed E-state index contributed by atoms with van der Waals surface area (Å²) in [7, 11) is -3.63. The van der Waals surface area contributed by atoms with Crippen molar-refractivity contribution in [3.05, 3.63) is 54.6 Å². The minimum atomic E-state index is -3.63. The van der Waals surface area contributed by atoms with E-state index in [1.54, 1.807) is 24.3 Å². The number of benzene rings is 2. The monoisotopic (exact) mass is 375 g/mol. The molecule has 1 heterocycles. The molecule has 0 aliphatic carbocycles. The molecular formula is C18H21N3O4S. The van der Waals surface area contributed by atoms with E-state index in [1.165, 1.54) is 16.4 Å². The minimum Gasteiger partial charge on any atom is -0.376 e. The molecule has 1 unspecified atom stereocenters. The molecule has 0 aromatic heterocycles. The van der Waals surface area contributed by atoms with Gasteiger partial charge in [-0.25, -0.2) is 13.2 Å². The standard InChI is InChI=1S/C18H21N3O4S/c1-14-13-21(10-11-25-14)26(23,24)17-9-5-8-16(12-17)20-18(22)19-15-6-3-2-4-7-15/h2-9,12,14H,10-11,13H2,1H3,(H2,19,20,22). The van der Waals surface area contributed by atoms with E-state index >= 15 is 0 Å². The van der Waals surface area contributed by atoms with Crippen LogP contribution in [0.2, 0.25) is 0 Å². The number of nitrogens with one attached hydrogen (secondary N) is 2. The molecule has 26 heavy (non-hydrogen) atoms. The number of nitrogens with zero attached hydrogens (tertiary/aromatic N) is 1. The Morgan fingerprint density at radius 2 is 1.77 bits per heavy atom. The molecule has 0 bridgehead atoms. The molecule has 7 nitrogen and oxygen atoms in total. The van der Waals surface area contributed by atoms with Crippen molar-refractivity contribution in [3.8, 4) is 0 Å². The Labute approximate surface area is 153 Å². The van der Waals surface area contributed by atoms with Crippen LogP contribution in [0.25, 0.3) is 0 Å². The SMILES string of the molecule is CC1CN(S(=O)(=O)c2cccc(NC(=O)Nc3ccccc3)c2)CCO1. The third-order valence-corrected chi connectivity index (χ3v) is 5.83. The second-order valence-corrected chi connectivity index (χ2v) is 7.96. The van der Waals surface area contributed by atoms with Crippen LogP contribution in [0.1, 0.15) is 6.92 Å². The van der Waals surface area contributed by atoms with E-state index in [1.807, 2.05) is 25.1 Å². The number of anilines is 2. The third-order valence-electron chi connectivity index (χ3n) is 3.97. The zero-order valence-corrected chi connectivity index (χ0v) is 15.2. The van der Waals surface area contributed by atoms with Gasteiger partial charge < -0.3 is 15.4 Å². The minimum absolute atomic E-state index is 0.142. The molecule has 2 N–H and O–H groups in total. The molecule has 1 aliphatic heterocycles. The van der Waals surface area contributed by atoms with Crippen molar-refractivity contribution in [2.24, 2.45) is 0 Å². The van der Waals surface area contributed by atoms with Gasteiger partial charge in [-0.1, -0.05) is 24.3 Å². The van der Waals surface area contributed by atoms with Gasteiger partial charge in [-0.05, 0) is 37.3 Å². The van der Waals surface area contributed by atoms with Crippen LogP contribution >= 0.6 is 0 Å². The maximum atomic E-state index is 12.8. The van der Waals surface area contributed by atoms with E-state index in [2.05, 4.69) is 10.6 Å². The summed E-state index contributed by atoms with van der Waals surface area (Å²) in [6, 6.07) is 14.8. The van der Waals surface area contributed by atoms with Gasteiger partial charge in [0.25, 0.3) is 0 Å². The number of carbonyl (C=O) groups excluding carboxylic acids is 1. The second-order valence-electron chi connectivity index (χ2n) is 6.02. The molecule has 0 spiro atoms. The second kappa shape index (κ2) is 7.86. The van der Waals surface area contributed by atoms with Gasteiger partial charge in [0.2, 0.25) is 10.0 Å². The van der Waals surface area contributed by atoms with Gasteiger partial charge >= 0.3 is 6.03 Å². The molecule has 138 valence electrons. The number of morpholine rings is 1. The molecule has 0 radical (unpaired) electrons. The smallest absolute Gasteiger partial charge is 0.323 e. The summed E-state index contributed by atoms with van der Waals surface area (Å²) in [6.45, 7) is 2.85. The van der Waals surface area contributed by atoms with Crippen LogP contribution < -0.4 is 10.6 Å². The van der Waals surface area contributed by atoms with Crippen LogP contribution in [0, 0.1) is 0 Å². The first-order valence-corrected chi connectivity index (χ1v) is 9.74. The maximum absolute atomic E-state index is 12.8. The highest BCUT2D eigenvalue weighted by Crippen LogP contribution is 2.22. The van der Waals surface area contributed by atoms with Crippen molar-refractivity contribution in [1.29, 1.82) is 0 Å². The van der Waals surface area contributed by atoms with Crippen molar-refractivity contribution >= 4 is 27.4 Å². The van der Waals surface area contributed by atoms with Gasteiger partial charge in [0.15, 0.2) is 0 Å². The lowest BCUT2D eigenvalue weighted by atomic mass is 10.3. The van der Waals surface area contributed by atoms with E-state index in [0.29, 0.717) is 31.1 Å². The van der Waals surface area contributed by atoms with E-state index in [0.717, 1.165) is 0 Å². The highest BCUT2D eigenvalue weighted by molar-refractivity contribution is 7.89. The van der Waals surface area contributed by atoms with Crippen molar-refractivity contribution in [1.82, 2.24) is 4.31 Å². The lowest BCUT2D eigenvalue weighted by Crippen LogP contribution is -2.44. The van der Waals surface area contributed by atoms with Gasteiger partial charge in [-0.3, -0.25) is 0 Å². The molecule has 1 fully saturated rings. The third kappa shape index (κ3) is 4.40. The number of hydrogen-bond donors (Lipinski definition) is 2. The number of ether oxygens (including phenoxy) is 1. The quantitative estimate of drug-likeness (QED) is 0.860. The largest absolute Gasteiger partial charge is 0.376 e. The Bertz CT molecular complexity index is 871. The van der Waals surface area contributed by atoms with Gasteiger partial charge in [0.1, 0.15) is 0 Å². The number of rotatable bonds is 4. The van der Waals surface area contributed by atoms with Crippen LogP contribution in [0.4, 0.5) is 16.2 Å². The summed E-state index contributed by atoms with van der Waals surface area (Å²) >= 11 is 0. The Morgan fingerprint density at radius 3 is 2.50 bits per heavy atom. The predicted octanol–water partition coefficient (Wildman–Crippen LogP) is 2.74. The topological polar surface area (TPSA) is 87.7 Å². The number of amides is 2. The molecule has 1 aliphatic rings. The number of hydrogen-bond acceptors (Lipinski definition) is 4. The first-order chi connectivity index (χ1) is 12.4. The Morgan fingerprint density at radius 1 is 1.08 bits per heavy atom. The van der Waals surface area contributed by atoms with Gasteiger partial charge in [-0.15, -0.1) is 0 Å². The molecule has 1 saturated heterocycles. The van der Waals surface area contributed by atoms with Crippen LogP contribution in [-0.4, -0.2) is 44.6 Å². The normalized spacial score (nSPS) is 18.3. The Kier molecular flexibility index (Phi) is 5.55. The average molecular weight is 375 g/mol. The van der Waals surface area contributed by atoms with E-state index < -0.39 is 16.1 Å². The van der Waals surface area contributed by atoms with Gasteiger partial charge in [-0.2, -0.15) is 4.31 Å². The van der Waals surface area contributed by atoms with E-state index in [9.17, 15) is 13.2 Å². The summed E-state index contributed by atoms with van der Waals surface area (Å²) in [6.07, 6.45) is -0.142. The predicted molar refractivity (Wildman–Crippen MR) is 99.7 cm³/mol. The number of carbonyl (C=O) groups is 1. The van der Waals surface area contributed by atoms with Crippen molar-refractivity contribution in [2.45, 2.75) is 17.9 Å². The fourth-order valence-electron chi connectivity index (χ4n) is 2.70. The molecule has 2 amide bonds. The summed E-state index contributed by atoms with van der Waals surface area (Å²) in [5, 5.41) is 5.35. The zero-order valence-electron chi connectivity index (χ0n) is 14.4. The lowest BCUT2D eigenvalue weighted by molar-refractivity contribution is 0.0102. The molecule has 1 atom stereocenters. The van der Waals surface area contributed by atoms with E-state index in [-0.39, 0.29) is 11.0 Å². The Balaban J connectivity index is 1.72. The van der Waals surface area contributed by atoms with Crippen molar-refractivity contribution in [3.63, 3.8) is 0 Å². The number of urea groups is 1. The van der Waals surface area contributed by atoms with Crippen LogP contribution in [0.5, 0.6) is 0 Å². The highest BCUT2D eigenvalue weighted by atomic mass is 32.2. The molecule has 8 heteroatoms. The summed E-state index contributed by atoms with van der Waals surface area (Å²) < 4.78 is 32.4. The first-order valence-electron chi connectivity index (χ1n) is 8.30.